The van der Waals surface area contributed by atoms with Crippen molar-refractivity contribution in [2.45, 2.75) is 12.3 Å². The highest BCUT2D eigenvalue weighted by Gasteiger charge is 2.49. The molecule has 1 aliphatic heterocycles. The van der Waals surface area contributed by atoms with E-state index in [4.69, 9.17) is 0 Å². The maximum atomic E-state index is 13.2. The molecular weight excluding hydrogens is 465 g/mol. The number of aromatic nitrogens is 2. The third kappa shape index (κ3) is 2.56. The van der Waals surface area contributed by atoms with Crippen molar-refractivity contribution in [3.63, 3.8) is 0 Å². The third-order valence-corrected chi connectivity index (χ3v) is 5.84. The Labute approximate surface area is 175 Å². The minimum atomic E-state index is -1.57. The number of nitrogens with zero attached hydrogens (tertiary/aromatic N) is 2. The van der Waals surface area contributed by atoms with Crippen LogP contribution in [0, 0.1) is 9.90 Å². The number of H-pyrrole nitrogens is 1. The summed E-state index contributed by atoms with van der Waals surface area (Å²) < 4.78 is 1.08. The first-order chi connectivity index (χ1) is 13.6. The summed E-state index contributed by atoms with van der Waals surface area (Å²) in [4.78, 5) is 21.9. The molecule has 1 unspecified atom stereocenters. The summed E-state index contributed by atoms with van der Waals surface area (Å²) in [6.45, 7) is 0.297. The van der Waals surface area contributed by atoms with E-state index < -0.39 is 5.72 Å². The number of amides is 1. The number of carbonyl (C=O) groups excluding carboxylic acids is 1. The maximum absolute atomic E-state index is 13.2. The van der Waals surface area contributed by atoms with Gasteiger partial charge in [0.25, 0.3) is 5.91 Å². The number of benzene rings is 3. The summed E-state index contributed by atoms with van der Waals surface area (Å²) in [6.07, 6.45) is 2.72. The molecule has 3 aromatic carbocycles. The zero-order chi connectivity index (χ0) is 19.3. The number of aliphatic hydroxyl groups is 1. The fraction of sp³-hybridized carbons (Fsp3) is 0.0909. The number of hydrogen-bond acceptors (Lipinski definition) is 3. The number of fused-ring (bicyclic) bond motifs is 2. The summed E-state index contributed by atoms with van der Waals surface area (Å²) in [5.74, 6) is -0.189. The van der Waals surface area contributed by atoms with Crippen molar-refractivity contribution in [3.8, 4) is 0 Å². The van der Waals surface area contributed by atoms with Crippen LogP contribution in [0.4, 0.5) is 0 Å². The first-order valence-corrected chi connectivity index (χ1v) is 9.90. The standard InChI is InChI=1S/C22H15IN3O2/c23-16-5-3-4-14(10-16)12-26-21(27)17-6-1-2-7-18(17)22(26,28)15-8-9-19-20(11-15)25-13-24-19/h1-11,28H,12H2,(H,24,25). The van der Waals surface area contributed by atoms with Gasteiger partial charge in [0, 0.05) is 26.8 Å². The minimum absolute atomic E-state index is 0.189. The average molecular weight is 480 g/mol. The highest BCUT2D eigenvalue weighted by atomic mass is 127. The molecule has 4 aromatic rings. The summed E-state index contributed by atoms with van der Waals surface area (Å²) in [6, 6.07) is 20.6. The molecule has 1 atom stereocenters. The van der Waals surface area contributed by atoms with E-state index in [1.165, 1.54) is 4.90 Å². The van der Waals surface area contributed by atoms with E-state index in [9.17, 15) is 9.90 Å². The summed E-state index contributed by atoms with van der Waals surface area (Å²) in [5, 5.41) is 11.9. The van der Waals surface area contributed by atoms with Gasteiger partial charge in [-0.1, -0.05) is 36.4 Å². The van der Waals surface area contributed by atoms with Crippen LogP contribution < -0.4 is 0 Å². The Hall–Kier alpha value is -2.71. The lowest BCUT2D eigenvalue weighted by molar-refractivity contribution is -0.0542. The van der Waals surface area contributed by atoms with Gasteiger partial charge >= 0.3 is 0 Å². The first kappa shape index (κ1) is 17.4. The van der Waals surface area contributed by atoms with Crippen molar-refractivity contribution in [2.24, 2.45) is 0 Å². The second-order valence-electron chi connectivity index (χ2n) is 6.82. The summed E-state index contributed by atoms with van der Waals surface area (Å²) >= 11 is 2.25. The van der Waals surface area contributed by atoms with Crippen LogP contribution in [0.15, 0.2) is 66.7 Å². The molecule has 1 amide bonds. The second kappa shape index (κ2) is 6.42. The van der Waals surface area contributed by atoms with Crippen molar-refractivity contribution in [1.82, 2.24) is 14.9 Å². The predicted molar refractivity (Wildman–Crippen MR) is 113 cm³/mol. The van der Waals surface area contributed by atoms with Gasteiger partial charge in [-0.15, -0.1) is 0 Å². The Bertz CT molecular complexity index is 1220. The second-order valence-corrected chi connectivity index (χ2v) is 8.07. The van der Waals surface area contributed by atoms with Crippen molar-refractivity contribution in [3.05, 3.63) is 98.9 Å². The SMILES string of the molecule is O=C1c2ccccc2C(O)(c2ccc3[nH][c]nc3c2)N1Cc1cccc(I)c1. The molecule has 0 spiro atoms. The van der Waals surface area contributed by atoms with Gasteiger partial charge in [-0.3, -0.25) is 9.69 Å². The Balaban J connectivity index is 1.69. The Morgan fingerprint density at radius 3 is 2.82 bits per heavy atom. The Morgan fingerprint density at radius 1 is 1.11 bits per heavy atom. The van der Waals surface area contributed by atoms with Gasteiger partial charge in [0.05, 0.1) is 11.0 Å². The van der Waals surface area contributed by atoms with E-state index in [0.29, 0.717) is 28.8 Å². The molecule has 137 valence electrons. The molecule has 1 radical (unpaired) electrons. The van der Waals surface area contributed by atoms with Crippen LogP contribution in [-0.4, -0.2) is 25.9 Å². The third-order valence-electron chi connectivity index (χ3n) is 5.17. The van der Waals surface area contributed by atoms with Crippen LogP contribution in [0.25, 0.3) is 11.0 Å². The van der Waals surface area contributed by atoms with Gasteiger partial charge < -0.3 is 10.1 Å². The Kier molecular flexibility index (Phi) is 3.99. The Morgan fingerprint density at radius 2 is 1.96 bits per heavy atom. The minimum Gasteiger partial charge on any atom is -0.363 e. The van der Waals surface area contributed by atoms with Gasteiger partial charge in [-0.25, -0.2) is 4.98 Å². The largest absolute Gasteiger partial charge is 0.363 e. The number of hydrogen-bond donors (Lipinski definition) is 2. The van der Waals surface area contributed by atoms with Gasteiger partial charge in [0.1, 0.15) is 0 Å². The van der Waals surface area contributed by atoms with E-state index in [-0.39, 0.29) is 5.91 Å². The molecule has 0 aliphatic carbocycles. The van der Waals surface area contributed by atoms with Crippen LogP contribution in [0.5, 0.6) is 0 Å². The zero-order valence-corrected chi connectivity index (χ0v) is 16.8. The van der Waals surface area contributed by atoms with Crippen molar-refractivity contribution < 1.29 is 9.90 Å². The molecule has 5 rings (SSSR count). The molecule has 1 aromatic heterocycles. The summed E-state index contributed by atoms with van der Waals surface area (Å²) in [5.41, 5.74) is 2.62. The van der Waals surface area contributed by atoms with Crippen LogP contribution in [-0.2, 0) is 12.3 Å². The van der Waals surface area contributed by atoms with Crippen LogP contribution in [0.1, 0.15) is 27.0 Å². The molecule has 0 saturated carbocycles. The lowest BCUT2D eigenvalue weighted by Crippen LogP contribution is -2.44. The lowest BCUT2D eigenvalue weighted by Gasteiger charge is -2.35. The molecule has 2 heterocycles. The molecule has 2 N–H and O–H groups in total. The molecule has 0 fully saturated rings. The number of aromatic amines is 1. The number of carbonyl (C=O) groups is 1. The first-order valence-electron chi connectivity index (χ1n) is 8.82. The van der Waals surface area contributed by atoms with E-state index in [1.807, 2.05) is 54.6 Å². The number of halogens is 1. The van der Waals surface area contributed by atoms with Crippen LogP contribution >= 0.6 is 22.6 Å². The molecule has 6 heteroatoms. The summed E-state index contributed by atoms with van der Waals surface area (Å²) in [7, 11) is 0. The van der Waals surface area contributed by atoms with Gasteiger partial charge in [-0.2, -0.15) is 0 Å². The highest BCUT2D eigenvalue weighted by molar-refractivity contribution is 14.1. The zero-order valence-electron chi connectivity index (χ0n) is 14.7. The van der Waals surface area contributed by atoms with Gasteiger partial charge in [-0.05, 0) is 58.5 Å². The van der Waals surface area contributed by atoms with Crippen molar-refractivity contribution in [1.29, 1.82) is 0 Å². The van der Waals surface area contributed by atoms with E-state index in [2.05, 4.69) is 38.9 Å². The fourth-order valence-corrected chi connectivity index (χ4v) is 4.43. The van der Waals surface area contributed by atoms with Gasteiger partial charge in [0.15, 0.2) is 12.1 Å². The smallest absolute Gasteiger partial charge is 0.257 e. The van der Waals surface area contributed by atoms with E-state index in [0.717, 1.165) is 14.7 Å². The lowest BCUT2D eigenvalue weighted by atomic mass is 9.93. The normalized spacial score (nSPS) is 18.6. The molecule has 5 nitrogen and oxygen atoms in total. The van der Waals surface area contributed by atoms with Crippen molar-refractivity contribution in [2.75, 3.05) is 0 Å². The van der Waals surface area contributed by atoms with Crippen molar-refractivity contribution >= 4 is 39.5 Å². The maximum Gasteiger partial charge on any atom is 0.257 e. The van der Waals surface area contributed by atoms with E-state index in [1.54, 1.807) is 12.1 Å². The van der Waals surface area contributed by atoms with Gasteiger partial charge in [0.2, 0.25) is 0 Å². The molecule has 28 heavy (non-hydrogen) atoms. The number of nitrogens with one attached hydrogen (secondary N) is 1. The number of rotatable bonds is 3. The topological polar surface area (TPSA) is 69.2 Å². The highest BCUT2D eigenvalue weighted by Crippen LogP contribution is 2.43. The molecular formula is C22H15IN3O2. The van der Waals surface area contributed by atoms with Crippen LogP contribution in [0.3, 0.4) is 0 Å². The number of imidazole rings is 1. The fourth-order valence-electron chi connectivity index (χ4n) is 3.82. The van der Waals surface area contributed by atoms with E-state index >= 15 is 0 Å². The molecule has 0 saturated heterocycles. The average Bonchev–Trinajstić information content (AvgIpc) is 3.26. The quantitative estimate of drug-likeness (QED) is 0.439. The molecule has 0 bridgehead atoms. The predicted octanol–water partition coefficient (Wildman–Crippen LogP) is 3.82. The van der Waals surface area contributed by atoms with Crippen LogP contribution in [0.2, 0.25) is 0 Å². The monoisotopic (exact) mass is 480 g/mol. The molecule has 1 aliphatic rings.